The van der Waals surface area contributed by atoms with Crippen LogP contribution in [0.25, 0.3) is 0 Å². The predicted octanol–water partition coefficient (Wildman–Crippen LogP) is 2.93. The maximum atomic E-state index is 10.2. The molecule has 0 heterocycles. The first-order valence-electron chi connectivity index (χ1n) is 5.75. The van der Waals surface area contributed by atoms with Gasteiger partial charge in [0, 0.05) is 0 Å². The standard InChI is InChI=1S/C12H19NO/c1-9(10(2)13-8-14)12-5-3-11(7-12)4-6-12/h9-11H,3-7H2,1-2H3. The summed E-state index contributed by atoms with van der Waals surface area (Å²) in [6.45, 7) is 4.31. The van der Waals surface area contributed by atoms with Crippen LogP contribution in [0.5, 0.6) is 0 Å². The summed E-state index contributed by atoms with van der Waals surface area (Å²) < 4.78 is 0. The summed E-state index contributed by atoms with van der Waals surface area (Å²) in [5.74, 6) is 1.53. The highest BCUT2D eigenvalue weighted by Crippen LogP contribution is 2.58. The molecule has 0 aromatic heterocycles. The average Bonchev–Trinajstić information content (AvgIpc) is 2.77. The summed E-state index contributed by atoms with van der Waals surface area (Å²) in [7, 11) is 0. The van der Waals surface area contributed by atoms with Crippen LogP contribution in [0.1, 0.15) is 46.0 Å². The van der Waals surface area contributed by atoms with Gasteiger partial charge >= 0.3 is 0 Å². The van der Waals surface area contributed by atoms with Gasteiger partial charge in [0.15, 0.2) is 0 Å². The maximum Gasteiger partial charge on any atom is 0.235 e. The molecule has 0 amide bonds. The Kier molecular flexibility index (Phi) is 2.48. The van der Waals surface area contributed by atoms with Crippen molar-refractivity contribution in [3.63, 3.8) is 0 Å². The molecule has 0 spiro atoms. The van der Waals surface area contributed by atoms with Crippen molar-refractivity contribution in [2.24, 2.45) is 22.2 Å². The Labute approximate surface area is 85.8 Å². The molecule has 2 atom stereocenters. The van der Waals surface area contributed by atoms with Gasteiger partial charge in [-0.3, -0.25) is 0 Å². The largest absolute Gasteiger partial charge is 0.235 e. The van der Waals surface area contributed by atoms with E-state index in [1.54, 1.807) is 6.08 Å². The van der Waals surface area contributed by atoms with Crippen molar-refractivity contribution in [3.05, 3.63) is 0 Å². The molecule has 2 aliphatic rings. The molecule has 0 N–H and O–H groups in total. The number of aliphatic imine (C=N–C) groups is 1. The number of carbonyl (C=O) groups excluding carboxylic acids is 1. The topological polar surface area (TPSA) is 29.4 Å². The lowest BCUT2D eigenvalue weighted by Gasteiger charge is -2.35. The van der Waals surface area contributed by atoms with E-state index >= 15 is 0 Å². The van der Waals surface area contributed by atoms with Gasteiger partial charge < -0.3 is 0 Å². The normalized spacial score (nSPS) is 39.1. The highest BCUT2D eigenvalue weighted by Gasteiger charge is 2.49. The van der Waals surface area contributed by atoms with Crippen LogP contribution in [0, 0.1) is 17.3 Å². The van der Waals surface area contributed by atoms with Gasteiger partial charge in [-0.05, 0) is 56.3 Å². The van der Waals surface area contributed by atoms with Crippen molar-refractivity contribution in [1.29, 1.82) is 0 Å². The van der Waals surface area contributed by atoms with Crippen LogP contribution in [0.4, 0.5) is 0 Å². The van der Waals surface area contributed by atoms with Gasteiger partial charge in [-0.15, -0.1) is 0 Å². The van der Waals surface area contributed by atoms with Crippen LogP contribution in [0.15, 0.2) is 4.99 Å². The third kappa shape index (κ3) is 1.42. The molecule has 2 heteroatoms. The Morgan fingerprint density at radius 3 is 2.43 bits per heavy atom. The SMILES string of the molecule is CC(N=C=O)C(C)C12CCC(CC1)C2. The first kappa shape index (κ1) is 9.92. The van der Waals surface area contributed by atoms with Crippen LogP contribution in [0.3, 0.4) is 0 Å². The number of hydrogen-bond donors (Lipinski definition) is 0. The molecule has 2 aliphatic carbocycles. The lowest BCUT2D eigenvalue weighted by atomic mass is 9.71. The number of hydrogen-bond acceptors (Lipinski definition) is 2. The second kappa shape index (κ2) is 3.51. The number of isocyanates is 1. The lowest BCUT2D eigenvalue weighted by Crippen LogP contribution is -2.30. The van der Waals surface area contributed by atoms with Gasteiger partial charge in [0.25, 0.3) is 0 Å². The van der Waals surface area contributed by atoms with E-state index in [0.29, 0.717) is 11.3 Å². The number of rotatable bonds is 3. The van der Waals surface area contributed by atoms with E-state index in [0.717, 1.165) is 5.92 Å². The minimum Gasteiger partial charge on any atom is -0.211 e. The fourth-order valence-corrected chi connectivity index (χ4v) is 3.58. The monoisotopic (exact) mass is 193 g/mol. The van der Waals surface area contributed by atoms with E-state index in [-0.39, 0.29) is 6.04 Å². The van der Waals surface area contributed by atoms with Crippen molar-refractivity contribution >= 4 is 6.08 Å². The molecule has 2 nitrogen and oxygen atoms in total. The first-order valence-corrected chi connectivity index (χ1v) is 5.75. The zero-order valence-electron chi connectivity index (χ0n) is 9.12. The summed E-state index contributed by atoms with van der Waals surface area (Å²) in [6, 6.07) is 0.157. The number of nitrogens with zero attached hydrogens (tertiary/aromatic N) is 1. The Morgan fingerprint density at radius 1 is 1.36 bits per heavy atom. The summed E-state index contributed by atoms with van der Waals surface area (Å²) >= 11 is 0. The molecule has 14 heavy (non-hydrogen) atoms. The number of fused-ring (bicyclic) bond motifs is 2. The second-order valence-electron chi connectivity index (χ2n) is 5.26. The average molecular weight is 193 g/mol. The van der Waals surface area contributed by atoms with E-state index in [1.807, 2.05) is 0 Å². The maximum absolute atomic E-state index is 10.2. The summed E-state index contributed by atoms with van der Waals surface area (Å²) in [5.41, 5.74) is 0.518. The Hall–Kier alpha value is -0.620. The second-order valence-corrected chi connectivity index (χ2v) is 5.26. The summed E-state index contributed by atoms with van der Waals surface area (Å²) in [5, 5.41) is 0. The minimum absolute atomic E-state index is 0.157. The van der Waals surface area contributed by atoms with Gasteiger partial charge in [0.05, 0.1) is 6.04 Å². The molecule has 2 unspecified atom stereocenters. The van der Waals surface area contributed by atoms with Gasteiger partial charge in [-0.25, -0.2) is 9.79 Å². The quantitative estimate of drug-likeness (QED) is 0.500. The minimum atomic E-state index is 0.157. The molecule has 78 valence electrons. The lowest BCUT2D eigenvalue weighted by molar-refractivity contribution is 0.162. The molecular weight excluding hydrogens is 174 g/mol. The molecule has 0 aromatic rings. The fraction of sp³-hybridized carbons (Fsp3) is 0.917. The highest BCUT2D eigenvalue weighted by atomic mass is 16.1. The zero-order valence-corrected chi connectivity index (χ0v) is 9.12. The van der Waals surface area contributed by atoms with E-state index in [1.165, 1.54) is 32.1 Å². The molecule has 2 fully saturated rings. The van der Waals surface area contributed by atoms with Crippen molar-refractivity contribution in [2.75, 3.05) is 0 Å². The van der Waals surface area contributed by atoms with Crippen molar-refractivity contribution < 1.29 is 4.79 Å². The van der Waals surface area contributed by atoms with Crippen LogP contribution >= 0.6 is 0 Å². The Balaban J connectivity index is 2.10. The first-order chi connectivity index (χ1) is 6.68. The third-order valence-electron chi connectivity index (χ3n) is 4.74. The van der Waals surface area contributed by atoms with Crippen molar-refractivity contribution in [2.45, 2.75) is 52.0 Å². The molecule has 0 aliphatic heterocycles. The molecule has 2 rings (SSSR count). The highest BCUT2D eigenvalue weighted by molar-refractivity contribution is 5.33. The van der Waals surface area contributed by atoms with E-state index in [2.05, 4.69) is 18.8 Å². The summed E-state index contributed by atoms with van der Waals surface area (Å²) in [6.07, 6.45) is 8.61. The van der Waals surface area contributed by atoms with Gasteiger partial charge in [0.1, 0.15) is 0 Å². The summed E-state index contributed by atoms with van der Waals surface area (Å²) in [4.78, 5) is 14.1. The molecular formula is C12H19NO. The third-order valence-corrected chi connectivity index (χ3v) is 4.74. The predicted molar refractivity (Wildman–Crippen MR) is 55.8 cm³/mol. The molecule has 2 bridgehead atoms. The van der Waals surface area contributed by atoms with Gasteiger partial charge in [-0.2, -0.15) is 0 Å². The van der Waals surface area contributed by atoms with Crippen molar-refractivity contribution in [3.8, 4) is 0 Å². The van der Waals surface area contributed by atoms with Gasteiger partial charge in [0.2, 0.25) is 6.08 Å². The molecule has 0 radical (unpaired) electrons. The smallest absolute Gasteiger partial charge is 0.211 e. The van der Waals surface area contributed by atoms with Gasteiger partial charge in [-0.1, -0.05) is 6.92 Å². The van der Waals surface area contributed by atoms with E-state index in [4.69, 9.17) is 0 Å². The molecule has 2 saturated carbocycles. The Morgan fingerprint density at radius 2 is 2.00 bits per heavy atom. The van der Waals surface area contributed by atoms with Crippen LogP contribution in [-0.2, 0) is 4.79 Å². The van der Waals surface area contributed by atoms with E-state index < -0.39 is 0 Å². The molecule has 0 aromatic carbocycles. The fourth-order valence-electron chi connectivity index (χ4n) is 3.58. The van der Waals surface area contributed by atoms with Crippen LogP contribution < -0.4 is 0 Å². The van der Waals surface area contributed by atoms with E-state index in [9.17, 15) is 4.79 Å². The molecule has 0 saturated heterocycles. The zero-order chi connectivity index (χ0) is 10.2. The van der Waals surface area contributed by atoms with Crippen molar-refractivity contribution in [1.82, 2.24) is 0 Å². The Bertz CT molecular complexity index is 259. The van der Waals surface area contributed by atoms with Crippen LogP contribution in [0.2, 0.25) is 0 Å². The van der Waals surface area contributed by atoms with Crippen LogP contribution in [-0.4, -0.2) is 12.1 Å².